The first-order valence-corrected chi connectivity index (χ1v) is 7.88. The molecule has 0 aliphatic carbocycles. The SMILES string of the molecule is COC(=O)CN1CCN(S(=O)(=O)c2ccc(N)nc2)CC1. The number of hydrogen-bond donors (Lipinski definition) is 1. The van der Waals surface area contributed by atoms with Gasteiger partial charge in [-0.15, -0.1) is 0 Å². The Hall–Kier alpha value is -1.71. The lowest BCUT2D eigenvalue weighted by Gasteiger charge is -2.33. The van der Waals surface area contributed by atoms with E-state index >= 15 is 0 Å². The number of carbonyl (C=O) groups is 1. The fraction of sp³-hybridized carbons (Fsp3) is 0.500. The normalized spacial score (nSPS) is 17.6. The quantitative estimate of drug-likeness (QED) is 0.721. The highest BCUT2D eigenvalue weighted by Crippen LogP contribution is 2.17. The van der Waals surface area contributed by atoms with Crippen LogP contribution in [0.4, 0.5) is 5.82 Å². The number of anilines is 1. The molecule has 116 valence electrons. The molecule has 9 heteroatoms. The molecule has 0 atom stereocenters. The Morgan fingerprint density at radius 2 is 2.00 bits per heavy atom. The summed E-state index contributed by atoms with van der Waals surface area (Å²) in [6, 6.07) is 2.90. The topological polar surface area (TPSA) is 106 Å². The fourth-order valence-corrected chi connectivity index (χ4v) is 3.44. The van der Waals surface area contributed by atoms with Gasteiger partial charge in [0.2, 0.25) is 10.0 Å². The molecule has 1 aliphatic rings. The number of nitrogens with two attached hydrogens (primary N) is 1. The maximum Gasteiger partial charge on any atom is 0.319 e. The zero-order valence-corrected chi connectivity index (χ0v) is 12.5. The number of ether oxygens (including phenoxy) is 1. The van der Waals surface area contributed by atoms with Crippen LogP contribution in [-0.4, -0.2) is 68.4 Å². The van der Waals surface area contributed by atoms with Crippen molar-refractivity contribution in [3.63, 3.8) is 0 Å². The summed E-state index contributed by atoms with van der Waals surface area (Å²) in [7, 11) is -2.23. The van der Waals surface area contributed by atoms with E-state index in [0.29, 0.717) is 26.2 Å². The Labute approximate surface area is 123 Å². The van der Waals surface area contributed by atoms with Gasteiger partial charge >= 0.3 is 5.97 Å². The van der Waals surface area contributed by atoms with Crippen molar-refractivity contribution in [3.05, 3.63) is 18.3 Å². The standard InChI is InChI=1S/C12H18N4O4S/c1-20-12(17)9-15-4-6-16(7-5-15)21(18,19)10-2-3-11(13)14-8-10/h2-3,8H,4-7,9H2,1H3,(H2,13,14). The van der Waals surface area contributed by atoms with Gasteiger partial charge in [0.05, 0.1) is 13.7 Å². The third kappa shape index (κ3) is 3.69. The Morgan fingerprint density at radius 1 is 1.33 bits per heavy atom. The summed E-state index contributed by atoms with van der Waals surface area (Å²) in [5.74, 6) is -0.0501. The molecule has 21 heavy (non-hydrogen) atoms. The van der Waals surface area contributed by atoms with Crippen molar-refractivity contribution < 1.29 is 17.9 Å². The van der Waals surface area contributed by atoms with E-state index in [0.717, 1.165) is 0 Å². The van der Waals surface area contributed by atoms with E-state index in [2.05, 4.69) is 9.72 Å². The summed E-state index contributed by atoms with van der Waals surface area (Å²) in [6.45, 7) is 1.79. The number of piperazine rings is 1. The van der Waals surface area contributed by atoms with Crippen LogP contribution in [0, 0.1) is 0 Å². The van der Waals surface area contributed by atoms with Crippen LogP contribution in [0.15, 0.2) is 23.2 Å². The zero-order valence-electron chi connectivity index (χ0n) is 11.7. The fourth-order valence-electron chi connectivity index (χ4n) is 2.07. The average molecular weight is 314 g/mol. The van der Waals surface area contributed by atoms with Crippen LogP contribution in [0.5, 0.6) is 0 Å². The van der Waals surface area contributed by atoms with Crippen LogP contribution in [-0.2, 0) is 19.6 Å². The van der Waals surface area contributed by atoms with Crippen molar-refractivity contribution in [2.24, 2.45) is 0 Å². The van der Waals surface area contributed by atoms with E-state index in [1.807, 2.05) is 4.90 Å². The van der Waals surface area contributed by atoms with Gasteiger partial charge in [0, 0.05) is 32.4 Å². The van der Waals surface area contributed by atoms with Gasteiger partial charge in [-0.2, -0.15) is 4.31 Å². The molecule has 2 rings (SSSR count). The smallest absolute Gasteiger partial charge is 0.319 e. The van der Waals surface area contributed by atoms with Gasteiger partial charge in [-0.05, 0) is 12.1 Å². The number of nitrogens with zero attached hydrogens (tertiary/aromatic N) is 3. The Kier molecular flexibility index (Phi) is 4.76. The van der Waals surface area contributed by atoms with E-state index in [-0.39, 0.29) is 23.2 Å². The summed E-state index contributed by atoms with van der Waals surface area (Å²) in [4.78, 5) is 17.0. The van der Waals surface area contributed by atoms with E-state index in [1.54, 1.807) is 0 Å². The molecule has 1 aromatic heterocycles. The largest absolute Gasteiger partial charge is 0.468 e. The third-order valence-electron chi connectivity index (χ3n) is 3.31. The highest BCUT2D eigenvalue weighted by molar-refractivity contribution is 7.89. The second kappa shape index (κ2) is 6.37. The van der Waals surface area contributed by atoms with E-state index in [9.17, 15) is 13.2 Å². The van der Waals surface area contributed by atoms with Gasteiger partial charge in [-0.3, -0.25) is 9.69 Å². The minimum atomic E-state index is -3.56. The average Bonchev–Trinajstić information content (AvgIpc) is 2.48. The molecule has 0 unspecified atom stereocenters. The Morgan fingerprint density at radius 3 is 2.52 bits per heavy atom. The van der Waals surface area contributed by atoms with Crippen molar-refractivity contribution in [3.8, 4) is 0 Å². The lowest BCUT2D eigenvalue weighted by Crippen LogP contribution is -2.49. The first-order valence-electron chi connectivity index (χ1n) is 6.44. The summed E-state index contributed by atoms with van der Waals surface area (Å²) < 4.78 is 30.8. The molecule has 1 aromatic rings. The van der Waals surface area contributed by atoms with Crippen molar-refractivity contribution in [2.75, 3.05) is 45.6 Å². The Bertz CT molecular complexity index is 594. The van der Waals surface area contributed by atoms with E-state index < -0.39 is 10.0 Å². The number of sulfonamides is 1. The second-order valence-corrected chi connectivity index (χ2v) is 6.61. The van der Waals surface area contributed by atoms with Crippen LogP contribution < -0.4 is 5.73 Å². The highest BCUT2D eigenvalue weighted by atomic mass is 32.2. The lowest BCUT2D eigenvalue weighted by molar-refractivity contribution is -0.142. The number of aromatic nitrogens is 1. The minimum absolute atomic E-state index is 0.123. The van der Waals surface area contributed by atoms with Gasteiger partial charge in [0.1, 0.15) is 10.7 Å². The molecular weight excluding hydrogens is 296 g/mol. The van der Waals surface area contributed by atoms with E-state index in [4.69, 9.17) is 5.73 Å². The monoisotopic (exact) mass is 314 g/mol. The van der Waals surface area contributed by atoms with Crippen molar-refractivity contribution in [1.29, 1.82) is 0 Å². The first kappa shape index (κ1) is 15.7. The molecular formula is C12H18N4O4S. The molecule has 0 amide bonds. The van der Waals surface area contributed by atoms with Gasteiger partial charge in [-0.25, -0.2) is 13.4 Å². The molecule has 0 spiro atoms. The molecule has 1 saturated heterocycles. The zero-order chi connectivity index (χ0) is 15.5. The molecule has 2 N–H and O–H groups in total. The highest BCUT2D eigenvalue weighted by Gasteiger charge is 2.29. The summed E-state index contributed by atoms with van der Waals surface area (Å²) in [5, 5.41) is 0. The maximum atomic E-state index is 12.4. The Balaban J connectivity index is 2.01. The summed E-state index contributed by atoms with van der Waals surface area (Å²) in [5.41, 5.74) is 5.46. The minimum Gasteiger partial charge on any atom is -0.468 e. The summed E-state index contributed by atoms with van der Waals surface area (Å²) in [6.07, 6.45) is 1.26. The molecule has 2 heterocycles. The third-order valence-corrected chi connectivity index (χ3v) is 5.19. The van der Waals surface area contributed by atoms with Gasteiger partial charge in [0.25, 0.3) is 0 Å². The predicted molar refractivity (Wildman–Crippen MR) is 75.9 cm³/mol. The van der Waals surface area contributed by atoms with Crippen molar-refractivity contribution >= 4 is 21.8 Å². The molecule has 0 bridgehead atoms. The summed E-state index contributed by atoms with van der Waals surface area (Å²) >= 11 is 0. The molecule has 1 aliphatic heterocycles. The van der Waals surface area contributed by atoms with E-state index in [1.165, 1.54) is 29.7 Å². The number of carbonyl (C=O) groups excluding carboxylic acids is 1. The van der Waals surface area contributed by atoms with Crippen LogP contribution in [0.2, 0.25) is 0 Å². The second-order valence-electron chi connectivity index (χ2n) is 4.68. The molecule has 1 fully saturated rings. The van der Waals surface area contributed by atoms with Crippen molar-refractivity contribution in [2.45, 2.75) is 4.90 Å². The molecule has 0 saturated carbocycles. The van der Waals surface area contributed by atoms with Crippen LogP contribution in [0.25, 0.3) is 0 Å². The molecule has 0 radical (unpaired) electrons. The number of pyridine rings is 1. The first-order chi connectivity index (χ1) is 9.93. The van der Waals surface area contributed by atoms with Gasteiger partial charge in [-0.1, -0.05) is 0 Å². The van der Waals surface area contributed by atoms with Gasteiger partial charge in [0.15, 0.2) is 0 Å². The van der Waals surface area contributed by atoms with Crippen LogP contribution in [0.1, 0.15) is 0 Å². The van der Waals surface area contributed by atoms with Gasteiger partial charge < -0.3 is 10.5 Å². The lowest BCUT2D eigenvalue weighted by atomic mass is 10.3. The van der Waals surface area contributed by atoms with Crippen LogP contribution in [0.3, 0.4) is 0 Å². The van der Waals surface area contributed by atoms with Crippen molar-refractivity contribution in [1.82, 2.24) is 14.2 Å². The maximum absolute atomic E-state index is 12.4. The molecule has 8 nitrogen and oxygen atoms in total. The number of esters is 1. The number of nitrogen functional groups attached to an aromatic ring is 1. The number of hydrogen-bond acceptors (Lipinski definition) is 7. The van der Waals surface area contributed by atoms with Crippen LogP contribution >= 0.6 is 0 Å². The predicted octanol–water partition coefficient (Wildman–Crippen LogP) is -0.857. The molecule has 0 aromatic carbocycles. The number of rotatable bonds is 4. The number of methoxy groups -OCH3 is 1.